The van der Waals surface area contributed by atoms with Gasteiger partial charge in [-0.05, 0) is 96.0 Å². The van der Waals surface area contributed by atoms with Crippen molar-refractivity contribution in [2.24, 2.45) is 0 Å². The van der Waals surface area contributed by atoms with Gasteiger partial charge < -0.3 is 19.7 Å². The van der Waals surface area contributed by atoms with Gasteiger partial charge in [0.15, 0.2) is 0 Å². The number of benzene rings is 4. The standard InChI is InChI=1S/C19H17N3OS.C12H13NO.C7H5ClN2S/c1-12-20-18(16-9-10-24-19(16)21-12)22(2)14-7-8-15-13(11-14)5-4-6-17(15)23-3;1-13-10-6-7-11-9(8-10)4-3-5-12(11)14-2;1-4-9-6(8)5-2-3-11-7(5)10-4/h4-11H,1-3H3;3-8,13H,1-2H3;2-3H,1H3. The highest BCUT2D eigenvalue weighted by Crippen LogP contribution is 2.34. The molecule has 0 unspecified atom stereocenters. The number of halogens is 1. The minimum Gasteiger partial charge on any atom is -0.496 e. The third-order valence-corrected chi connectivity index (χ3v) is 9.81. The number of fused-ring (bicyclic) bond motifs is 4. The van der Waals surface area contributed by atoms with Crippen molar-refractivity contribution in [2.45, 2.75) is 13.8 Å². The van der Waals surface area contributed by atoms with Crippen molar-refractivity contribution in [1.82, 2.24) is 19.9 Å². The largest absolute Gasteiger partial charge is 0.496 e. The van der Waals surface area contributed by atoms with Crippen molar-refractivity contribution in [3.63, 3.8) is 0 Å². The summed E-state index contributed by atoms with van der Waals surface area (Å²) in [5, 5.41) is 14.3. The number of nitrogens with zero attached hydrogens (tertiary/aromatic N) is 5. The summed E-state index contributed by atoms with van der Waals surface area (Å²) in [5.41, 5.74) is 2.20. The van der Waals surface area contributed by atoms with Crippen LogP contribution in [-0.4, -0.2) is 48.3 Å². The molecular formula is C38H35ClN6O2S2. The van der Waals surface area contributed by atoms with Crippen molar-refractivity contribution in [3.05, 3.63) is 112 Å². The lowest BCUT2D eigenvalue weighted by molar-refractivity contribution is 0.419. The average Bonchev–Trinajstić information content (AvgIpc) is 3.80. The molecule has 0 saturated carbocycles. The number of aryl methyl sites for hydroxylation is 2. The first-order valence-electron chi connectivity index (χ1n) is 15.4. The van der Waals surface area contributed by atoms with E-state index in [0.29, 0.717) is 5.15 Å². The maximum Gasteiger partial charge on any atom is 0.145 e. The van der Waals surface area contributed by atoms with Gasteiger partial charge in [-0.25, -0.2) is 19.9 Å². The number of hydrogen-bond acceptors (Lipinski definition) is 10. The van der Waals surface area contributed by atoms with E-state index in [0.717, 1.165) is 76.9 Å². The van der Waals surface area contributed by atoms with Crippen LogP contribution in [0, 0.1) is 13.8 Å². The first-order chi connectivity index (χ1) is 23.8. The Kier molecular flexibility index (Phi) is 10.4. The van der Waals surface area contributed by atoms with Crippen molar-refractivity contribution in [2.75, 3.05) is 38.5 Å². The number of aromatic nitrogens is 4. The van der Waals surface area contributed by atoms with Crippen molar-refractivity contribution in [3.8, 4) is 11.5 Å². The van der Waals surface area contributed by atoms with Gasteiger partial charge in [-0.3, -0.25) is 0 Å². The Morgan fingerprint density at radius 1 is 0.653 bits per heavy atom. The van der Waals surface area contributed by atoms with Crippen LogP contribution >= 0.6 is 34.3 Å². The van der Waals surface area contributed by atoms with Gasteiger partial charge in [0, 0.05) is 41.6 Å². The predicted octanol–water partition coefficient (Wildman–Crippen LogP) is 10.5. The second-order valence-corrected chi connectivity index (χ2v) is 13.2. The molecule has 8 nitrogen and oxygen atoms in total. The van der Waals surface area contributed by atoms with Crippen LogP contribution in [0.25, 0.3) is 42.0 Å². The van der Waals surface area contributed by atoms with Crippen molar-refractivity contribution >= 4 is 93.4 Å². The number of anilines is 3. The van der Waals surface area contributed by atoms with Crippen LogP contribution in [0.15, 0.2) is 95.7 Å². The zero-order chi connectivity index (χ0) is 34.5. The minimum absolute atomic E-state index is 0.550. The summed E-state index contributed by atoms with van der Waals surface area (Å²) < 4.78 is 10.7. The highest BCUT2D eigenvalue weighted by atomic mass is 35.5. The zero-order valence-corrected chi connectivity index (χ0v) is 30.4. The first-order valence-corrected chi connectivity index (χ1v) is 17.6. The van der Waals surface area contributed by atoms with E-state index in [-0.39, 0.29) is 0 Å². The number of hydrogen-bond donors (Lipinski definition) is 1. The third-order valence-electron chi connectivity index (χ3n) is 7.91. The van der Waals surface area contributed by atoms with Crippen LogP contribution < -0.4 is 19.7 Å². The van der Waals surface area contributed by atoms with E-state index >= 15 is 0 Å². The molecule has 0 aliphatic carbocycles. The normalized spacial score (nSPS) is 10.8. The fourth-order valence-corrected chi connectivity index (χ4v) is 7.40. The van der Waals surface area contributed by atoms with Crippen LogP contribution in [0.5, 0.6) is 11.5 Å². The van der Waals surface area contributed by atoms with Gasteiger partial charge >= 0.3 is 0 Å². The summed E-state index contributed by atoms with van der Waals surface area (Å²) in [6.45, 7) is 3.77. The topological polar surface area (TPSA) is 85.3 Å². The molecule has 1 N–H and O–H groups in total. The first kappa shape index (κ1) is 33.9. The molecule has 0 aliphatic heterocycles. The van der Waals surface area contributed by atoms with E-state index in [4.69, 9.17) is 21.1 Å². The molecule has 0 aliphatic rings. The predicted molar refractivity (Wildman–Crippen MR) is 208 cm³/mol. The SMILES string of the molecule is CNc1ccc2c(OC)cccc2c1.COc1cccc2cc(N(C)c3nc(C)nc4sccc34)ccc12.Cc1nc(Cl)c2ccsc2n1. The lowest BCUT2D eigenvalue weighted by atomic mass is 10.1. The molecule has 0 bridgehead atoms. The monoisotopic (exact) mass is 706 g/mol. The van der Waals surface area contributed by atoms with Crippen LogP contribution in [-0.2, 0) is 0 Å². The molecule has 8 aromatic rings. The molecule has 0 radical (unpaired) electrons. The van der Waals surface area contributed by atoms with Crippen molar-refractivity contribution < 1.29 is 9.47 Å². The Bertz CT molecular complexity index is 2390. The number of thiophene rings is 2. The van der Waals surface area contributed by atoms with Crippen LogP contribution in [0.2, 0.25) is 5.15 Å². The molecule has 0 atom stereocenters. The van der Waals surface area contributed by atoms with Crippen LogP contribution in [0.4, 0.5) is 17.2 Å². The van der Waals surface area contributed by atoms with E-state index in [2.05, 4.69) is 84.1 Å². The van der Waals surface area contributed by atoms with E-state index in [1.54, 1.807) is 36.9 Å². The second-order valence-electron chi connectivity index (χ2n) is 11.0. The lowest BCUT2D eigenvalue weighted by Gasteiger charge is -2.20. The fraction of sp³-hybridized carbons (Fsp3) is 0.158. The maximum absolute atomic E-state index is 5.86. The van der Waals surface area contributed by atoms with Gasteiger partial charge in [0.2, 0.25) is 0 Å². The molecule has 8 rings (SSSR count). The van der Waals surface area contributed by atoms with Gasteiger partial charge in [0.1, 0.15) is 43.8 Å². The highest BCUT2D eigenvalue weighted by molar-refractivity contribution is 7.17. The van der Waals surface area contributed by atoms with E-state index in [1.165, 1.54) is 5.39 Å². The van der Waals surface area contributed by atoms with Gasteiger partial charge in [-0.15, -0.1) is 22.7 Å². The summed E-state index contributed by atoms with van der Waals surface area (Å²) in [7, 11) is 7.36. The minimum atomic E-state index is 0.550. The number of ether oxygens (including phenoxy) is 2. The van der Waals surface area contributed by atoms with E-state index in [9.17, 15) is 0 Å². The Morgan fingerprint density at radius 3 is 1.86 bits per heavy atom. The second kappa shape index (κ2) is 15.0. The molecule has 0 fully saturated rings. The van der Waals surface area contributed by atoms with Crippen molar-refractivity contribution in [1.29, 1.82) is 0 Å². The molecular weight excluding hydrogens is 672 g/mol. The molecule has 4 aromatic heterocycles. The molecule has 0 saturated heterocycles. The summed E-state index contributed by atoms with van der Waals surface area (Å²) in [6, 6.07) is 28.7. The Labute approximate surface area is 298 Å². The molecule has 248 valence electrons. The van der Waals surface area contributed by atoms with Crippen LogP contribution in [0.1, 0.15) is 11.6 Å². The van der Waals surface area contributed by atoms with Gasteiger partial charge in [0.05, 0.1) is 19.6 Å². The number of methoxy groups -OCH3 is 2. The number of nitrogens with one attached hydrogen (secondary N) is 1. The summed E-state index contributed by atoms with van der Waals surface area (Å²) >= 11 is 9.08. The third kappa shape index (κ3) is 7.36. The summed E-state index contributed by atoms with van der Waals surface area (Å²) in [5.74, 6) is 4.25. The Balaban J connectivity index is 0.000000141. The lowest BCUT2D eigenvalue weighted by Crippen LogP contribution is -2.12. The average molecular weight is 707 g/mol. The van der Waals surface area contributed by atoms with Crippen LogP contribution in [0.3, 0.4) is 0 Å². The molecule has 4 aromatic carbocycles. The Morgan fingerprint density at radius 2 is 1.22 bits per heavy atom. The summed E-state index contributed by atoms with van der Waals surface area (Å²) in [4.78, 5) is 21.5. The Hall–Kier alpha value is -5.03. The molecule has 0 amide bonds. The molecule has 4 heterocycles. The molecule has 49 heavy (non-hydrogen) atoms. The van der Waals surface area contributed by atoms with Gasteiger partial charge in [0.25, 0.3) is 0 Å². The van der Waals surface area contributed by atoms with E-state index in [1.807, 2.05) is 69.7 Å². The van der Waals surface area contributed by atoms with E-state index < -0.39 is 0 Å². The summed E-state index contributed by atoms with van der Waals surface area (Å²) in [6.07, 6.45) is 0. The fourth-order valence-electron chi connectivity index (χ4n) is 5.46. The van der Waals surface area contributed by atoms with Gasteiger partial charge in [-0.2, -0.15) is 0 Å². The molecule has 0 spiro atoms. The molecule has 11 heteroatoms. The highest BCUT2D eigenvalue weighted by Gasteiger charge is 2.14. The smallest absolute Gasteiger partial charge is 0.145 e. The zero-order valence-electron chi connectivity index (χ0n) is 28.0. The number of rotatable bonds is 5. The quantitative estimate of drug-likeness (QED) is 0.177. The van der Waals surface area contributed by atoms with Gasteiger partial charge in [-0.1, -0.05) is 35.9 Å². The maximum atomic E-state index is 5.86.